The Morgan fingerprint density at radius 2 is 1.58 bits per heavy atom. The molecule has 8 heteroatoms. The van der Waals surface area contributed by atoms with Crippen molar-refractivity contribution in [1.82, 2.24) is 15.5 Å². The minimum absolute atomic E-state index is 0.0341. The topological polar surface area (TPSA) is 87.7 Å². The molecule has 38 heavy (non-hydrogen) atoms. The van der Waals surface area contributed by atoms with Crippen molar-refractivity contribution in [3.05, 3.63) is 34.9 Å². The number of carbonyl (C=O) groups is 3. The fourth-order valence-corrected chi connectivity index (χ4v) is 4.99. The van der Waals surface area contributed by atoms with Crippen LogP contribution >= 0.6 is 11.8 Å². The fourth-order valence-electron chi connectivity index (χ4n) is 4.52. The number of benzene rings is 1. The number of aryl methyl sites for hydroxylation is 2. The van der Waals surface area contributed by atoms with Gasteiger partial charge in [0.05, 0.1) is 0 Å². The molecule has 7 nitrogen and oxygen atoms in total. The zero-order chi connectivity index (χ0) is 29.3. The molecule has 0 saturated heterocycles. The van der Waals surface area contributed by atoms with Crippen LogP contribution in [0.3, 0.4) is 0 Å². The minimum Gasteiger partial charge on any atom is -0.444 e. The van der Waals surface area contributed by atoms with Gasteiger partial charge < -0.3 is 20.3 Å². The van der Waals surface area contributed by atoms with Gasteiger partial charge in [0, 0.05) is 11.6 Å². The maximum Gasteiger partial charge on any atom is 0.408 e. The summed E-state index contributed by atoms with van der Waals surface area (Å²) < 4.78 is 5.49. The third-order valence-electron chi connectivity index (χ3n) is 6.79. The quantitative estimate of drug-likeness (QED) is 0.301. The van der Waals surface area contributed by atoms with Crippen molar-refractivity contribution in [1.29, 1.82) is 0 Å². The van der Waals surface area contributed by atoms with E-state index >= 15 is 0 Å². The van der Waals surface area contributed by atoms with E-state index in [2.05, 4.69) is 17.6 Å². The number of hydrogen-bond donors (Lipinski definition) is 2. The van der Waals surface area contributed by atoms with Gasteiger partial charge in [-0.2, -0.15) is 11.8 Å². The molecular formula is C30H51N3O4S. The van der Waals surface area contributed by atoms with Crippen molar-refractivity contribution in [2.75, 3.05) is 12.0 Å². The minimum atomic E-state index is -0.852. The molecule has 0 heterocycles. The van der Waals surface area contributed by atoms with Crippen molar-refractivity contribution in [2.45, 2.75) is 124 Å². The number of thioether (sulfide) groups is 1. The average molecular weight is 550 g/mol. The summed E-state index contributed by atoms with van der Waals surface area (Å²) in [5.74, 6) is 0.169. The molecule has 0 fully saturated rings. The zero-order valence-electron chi connectivity index (χ0n) is 25.5. The smallest absolute Gasteiger partial charge is 0.408 e. The number of nitrogens with zero attached hydrogens (tertiary/aromatic N) is 1. The van der Waals surface area contributed by atoms with Gasteiger partial charge in [-0.15, -0.1) is 0 Å². The number of hydrogen-bond acceptors (Lipinski definition) is 5. The van der Waals surface area contributed by atoms with Gasteiger partial charge in [-0.1, -0.05) is 38.5 Å². The third kappa shape index (κ3) is 9.83. The van der Waals surface area contributed by atoms with Crippen molar-refractivity contribution >= 4 is 29.7 Å². The molecule has 0 spiro atoms. The summed E-state index contributed by atoms with van der Waals surface area (Å²) in [5, 5.41) is 5.99. The zero-order valence-corrected chi connectivity index (χ0v) is 26.3. The van der Waals surface area contributed by atoms with Gasteiger partial charge in [0.2, 0.25) is 11.8 Å². The summed E-state index contributed by atoms with van der Waals surface area (Å²) in [6.45, 7) is 19.4. The van der Waals surface area contributed by atoms with E-state index in [9.17, 15) is 14.4 Å². The second-order valence-corrected chi connectivity index (χ2v) is 12.7. The second kappa shape index (κ2) is 14.8. The van der Waals surface area contributed by atoms with Crippen LogP contribution < -0.4 is 10.6 Å². The third-order valence-corrected chi connectivity index (χ3v) is 7.43. The highest BCUT2D eigenvalue weighted by Crippen LogP contribution is 2.35. The highest BCUT2D eigenvalue weighted by atomic mass is 32.2. The number of ether oxygens (including phenoxy) is 1. The molecule has 1 aromatic carbocycles. The van der Waals surface area contributed by atoms with Gasteiger partial charge in [-0.25, -0.2) is 4.79 Å². The van der Waals surface area contributed by atoms with E-state index in [0.29, 0.717) is 18.6 Å². The van der Waals surface area contributed by atoms with Crippen molar-refractivity contribution in [3.8, 4) is 0 Å². The maximum absolute atomic E-state index is 14.5. The van der Waals surface area contributed by atoms with Crippen molar-refractivity contribution in [3.63, 3.8) is 0 Å². The summed E-state index contributed by atoms with van der Waals surface area (Å²) in [5.41, 5.74) is 1.34. The van der Waals surface area contributed by atoms with Crippen LogP contribution in [0.2, 0.25) is 0 Å². The summed E-state index contributed by atoms with van der Waals surface area (Å²) in [6.07, 6.45) is 4.14. The van der Waals surface area contributed by atoms with Crippen LogP contribution in [-0.4, -0.2) is 58.0 Å². The van der Waals surface area contributed by atoms with E-state index < -0.39 is 29.3 Å². The Balaban J connectivity index is 3.73. The molecule has 2 N–H and O–H groups in total. The lowest BCUT2D eigenvalue weighted by Gasteiger charge is -2.45. The van der Waals surface area contributed by atoms with Gasteiger partial charge in [0.25, 0.3) is 0 Å². The van der Waals surface area contributed by atoms with E-state index in [0.717, 1.165) is 29.5 Å². The lowest BCUT2D eigenvalue weighted by atomic mass is 9.88. The molecule has 0 saturated carbocycles. The summed E-state index contributed by atoms with van der Waals surface area (Å²) in [4.78, 5) is 43.0. The molecule has 3 amide bonds. The lowest BCUT2D eigenvalue weighted by molar-refractivity contribution is -0.149. The first-order chi connectivity index (χ1) is 17.6. The van der Waals surface area contributed by atoms with Crippen LogP contribution in [0.4, 0.5) is 4.79 Å². The molecule has 3 unspecified atom stereocenters. The number of amides is 3. The second-order valence-electron chi connectivity index (χ2n) is 11.8. The molecule has 216 valence electrons. The van der Waals surface area contributed by atoms with Crippen molar-refractivity contribution < 1.29 is 19.1 Å². The largest absolute Gasteiger partial charge is 0.444 e. The molecule has 3 atom stereocenters. The molecule has 0 bridgehead atoms. The summed E-state index contributed by atoms with van der Waals surface area (Å²) in [7, 11) is 0. The summed E-state index contributed by atoms with van der Waals surface area (Å²) >= 11 is 1.60. The van der Waals surface area contributed by atoms with E-state index in [-0.39, 0.29) is 17.9 Å². The maximum atomic E-state index is 14.5. The van der Waals surface area contributed by atoms with Crippen LogP contribution in [0.1, 0.15) is 104 Å². The van der Waals surface area contributed by atoms with Crippen LogP contribution in [0.15, 0.2) is 18.2 Å². The number of alkyl carbamates (subject to hydrolysis) is 1. The first-order valence-corrected chi connectivity index (χ1v) is 15.2. The van der Waals surface area contributed by atoms with Crippen molar-refractivity contribution in [2.24, 2.45) is 0 Å². The number of rotatable bonds is 13. The Hall–Kier alpha value is -2.22. The number of nitrogens with one attached hydrogen (secondary N) is 2. The molecule has 0 aliphatic heterocycles. The van der Waals surface area contributed by atoms with Crippen LogP contribution in [-0.2, 0) is 14.3 Å². The number of carbonyl (C=O) groups excluding carboxylic acids is 3. The highest BCUT2D eigenvalue weighted by Gasteiger charge is 2.44. The molecule has 0 aliphatic rings. The summed E-state index contributed by atoms with van der Waals surface area (Å²) in [6, 6.07) is 4.19. The Labute approximate surface area is 235 Å². The molecule has 0 aromatic heterocycles. The van der Waals surface area contributed by atoms with E-state index in [1.54, 1.807) is 37.4 Å². The van der Waals surface area contributed by atoms with Gasteiger partial charge in [0.15, 0.2) is 0 Å². The van der Waals surface area contributed by atoms with Crippen LogP contribution in [0.25, 0.3) is 0 Å². The van der Waals surface area contributed by atoms with Crippen LogP contribution in [0.5, 0.6) is 0 Å². The Bertz CT molecular complexity index is 922. The molecular weight excluding hydrogens is 498 g/mol. The first-order valence-electron chi connectivity index (χ1n) is 13.8. The Morgan fingerprint density at radius 1 is 1.00 bits per heavy atom. The normalized spacial score (nSPS) is 14.3. The monoisotopic (exact) mass is 549 g/mol. The highest BCUT2D eigenvalue weighted by molar-refractivity contribution is 7.98. The Kier molecular flexibility index (Phi) is 13.2. The molecule has 1 rings (SSSR count). The van der Waals surface area contributed by atoms with Crippen LogP contribution in [0, 0.1) is 13.8 Å². The SMILES string of the molecule is CCCC(C)NC(=O)C(c1c(C)cccc1C)N(C(=O)C(CCSC)NC(=O)OC(C)(C)C)C(C)(C)CC. The van der Waals surface area contributed by atoms with Gasteiger partial charge in [-0.3, -0.25) is 9.59 Å². The predicted molar refractivity (Wildman–Crippen MR) is 159 cm³/mol. The standard InChI is InChI=1S/C30H51N3O4S/c1-12-15-22(5)31-26(34)25(24-20(3)16-14-17-21(24)4)33(30(9,10)13-2)27(35)23(18-19-38-11)32-28(36)37-29(6,7)8/h14,16-17,22-23,25H,12-13,15,18-19H2,1-11H3,(H,31,34)(H,32,36). The van der Waals surface area contributed by atoms with E-state index in [1.165, 1.54) is 0 Å². The first kappa shape index (κ1) is 33.8. The van der Waals surface area contributed by atoms with E-state index in [4.69, 9.17) is 4.74 Å². The van der Waals surface area contributed by atoms with Gasteiger partial charge >= 0.3 is 6.09 Å². The molecule has 0 aliphatic carbocycles. The van der Waals surface area contributed by atoms with Gasteiger partial charge in [0.1, 0.15) is 17.7 Å². The van der Waals surface area contributed by atoms with Gasteiger partial charge in [-0.05, 0) is 103 Å². The van der Waals surface area contributed by atoms with E-state index in [1.807, 2.05) is 66.0 Å². The predicted octanol–water partition coefficient (Wildman–Crippen LogP) is 6.31. The fraction of sp³-hybridized carbons (Fsp3) is 0.700. The Morgan fingerprint density at radius 3 is 2.05 bits per heavy atom. The average Bonchev–Trinajstić information content (AvgIpc) is 2.79. The molecule has 0 radical (unpaired) electrons. The molecule has 1 aromatic rings. The lowest BCUT2D eigenvalue weighted by Crippen LogP contribution is -2.60.